The van der Waals surface area contributed by atoms with Gasteiger partial charge in [-0.15, -0.1) is 0 Å². The van der Waals surface area contributed by atoms with Crippen molar-refractivity contribution in [3.8, 4) is 0 Å². The van der Waals surface area contributed by atoms with Gasteiger partial charge in [0, 0.05) is 38.8 Å². The lowest BCUT2D eigenvalue weighted by atomic mass is 10.1. The number of rotatable bonds is 5. The van der Waals surface area contributed by atoms with Crippen LogP contribution in [0.25, 0.3) is 10.9 Å². The van der Waals surface area contributed by atoms with Crippen molar-refractivity contribution in [2.45, 2.75) is 32.2 Å². The van der Waals surface area contributed by atoms with Crippen molar-refractivity contribution in [1.82, 2.24) is 14.9 Å². The fraction of sp³-hybridized carbons (Fsp3) is 0.471. The molecule has 1 aliphatic rings. The summed E-state index contributed by atoms with van der Waals surface area (Å²) in [6, 6.07) is 5.10. The van der Waals surface area contributed by atoms with Gasteiger partial charge in [0.25, 0.3) is 11.5 Å². The maximum atomic E-state index is 12.5. The molecule has 1 N–H and O–H groups in total. The van der Waals surface area contributed by atoms with E-state index in [2.05, 4.69) is 10.3 Å². The quantitative estimate of drug-likeness (QED) is 0.849. The van der Waals surface area contributed by atoms with Crippen LogP contribution in [-0.4, -0.2) is 35.7 Å². The first kappa shape index (κ1) is 15.7. The second-order valence-corrected chi connectivity index (χ2v) is 5.78. The molecule has 6 nitrogen and oxygen atoms in total. The maximum absolute atomic E-state index is 12.5. The minimum absolute atomic E-state index is 0.00301. The minimum Gasteiger partial charge on any atom is -0.385 e. The van der Waals surface area contributed by atoms with Gasteiger partial charge in [-0.05, 0) is 37.5 Å². The molecule has 1 amide bonds. The first-order valence-electron chi connectivity index (χ1n) is 8.01. The number of carbonyl (C=O) groups is 1. The minimum atomic E-state index is -0.150. The van der Waals surface area contributed by atoms with E-state index in [1.807, 2.05) is 0 Å². The van der Waals surface area contributed by atoms with Gasteiger partial charge < -0.3 is 10.1 Å². The Bertz CT molecular complexity index is 782. The van der Waals surface area contributed by atoms with E-state index in [0.29, 0.717) is 29.6 Å². The number of methoxy groups -OCH3 is 1. The van der Waals surface area contributed by atoms with Crippen molar-refractivity contribution in [3.63, 3.8) is 0 Å². The summed E-state index contributed by atoms with van der Waals surface area (Å²) in [6.45, 7) is 1.91. The van der Waals surface area contributed by atoms with Crippen molar-refractivity contribution in [3.05, 3.63) is 39.9 Å². The van der Waals surface area contributed by atoms with Crippen LogP contribution in [0.4, 0.5) is 0 Å². The summed E-state index contributed by atoms with van der Waals surface area (Å²) in [6.07, 6.45) is 3.65. The number of nitrogens with zero attached hydrogens (tertiary/aromatic N) is 2. The van der Waals surface area contributed by atoms with Gasteiger partial charge in [-0.25, -0.2) is 4.98 Å². The highest BCUT2D eigenvalue weighted by Crippen LogP contribution is 2.16. The standard InChI is InChI=1S/C17H21N3O3/c1-23-10-4-8-18-16(21)12-6-7-13-14(11-12)19-15-5-2-3-9-20(15)17(13)22/h6-7,11H,2-5,8-10H2,1H3,(H,18,21). The molecule has 122 valence electrons. The molecular weight excluding hydrogens is 294 g/mol. The van der Waals surface area contributed by atoms with Crippen LogP contribution in [0.1, 0.15) is 35.4 Å². The molecule has 0 radical (unpaired) electrons. The fourth-order valence-corrected chi connectivity index (χ4v) is 2.90. The van der Waals surface area contributed by atoms with E-state index >= 15 is 0 Å². The highest BCUT2D eigenvalue weighted by Gasteiger charge is 2.15. The number of carbonyl (C=O) groups excluding carboxylic acids is 1. The van der Waals surface area contributed by atoms with Crippen molar-refractivity contribution in [2.75, 3.05) is 20.3 Å². The zero-order chi connectivity index (χ0) is 16.2. The molecule has 6 heteroatoms. The summed E-state index contributed by atoms with van der Waals surface area (Å²) in [5.41, 5.74) is 1.13. The number of amides is 1. The Morgan fingerprint density at radius 2 is 2.26 bits per heavy atom. The number of hydrogen-bond acceptors (Lipinski definition) is 4. The summed E-state index contributed by atoms with van der Waals surface area (Å²) in [4.78, 5) is 29.3. The third-order valence-corrected chi connectivity index (χ3v) is 4.14. The van der Waals surface area contributed by atoms with E-state index in [-0.39, 0.29) is 11.5 Å². The molecule has 1 aromatic heterocycles. The summed E-state index contributed by atoms with van der Waals surface area (Å²) in [5.74, 6) is 0.675. The van der Waals surface area contributed by atoms with Gasteiger partial charge in [0.05, 0.1) is 10.9 Å². The third kappa shape index (κ3) is 3.27. The number of hydrogen-bond donors (Lipinski definition) is 1. The molecule has 0 saturated carbocycles. The van der Waals surface area contributed by atoms with Crippen molar-refractivity contribution in [1.29, 1.82) is 0 Å². The van der Waals surface area contributed by atoms with Gasteiger partial charge in [0.2, 0.25) is 0 Å². The predicted octanol–water partition coefficient (Wildman–Crippen LogP) is 1.50. The van der Waals surface area contributed by atoms with Crippen LogP contribution in [0.5, 0.6) is 0 Å². The number of benzene rings is 1. The van der Waals surface area contributed by atoms with Gasteiger partial charge in [0.15, 0.2) is 0 Å². The summed E-state index contributed by atoms with van der Waals surface area (Å²) >= 11 is 0. The largest absolute Gasteiger partial charge is 0.385 e. The molecule has 0 unspecified atom stereocenters. The topological polar surface area (TPSA) is 73.2 Å². The highest BCUT2D eigenvalue weighted by atomic mass is 16.5. The average Bonchev–Trinajstić information content (AvgIpc) is 2.58. The zero-order valence-electron chi connectivity index (χ0n) is 13.3. The van der Waals surface area contributed by atoms with Crippen LogP contribution < -0.4 is 10.9 Å². The predicted molar refractivity (Wildman–Crippen MR) is 87.8 cm³/mol. The molecule has 2 aromatic rings. The van der Waals surface area contributed by atoms with Crippen LogP contribution in [-0.2, 0) is 17.7 Å². The van der Waals surface area contributed by atoms with Crippen LogP contribution in [0.15, 0.2) is 23.0 Å². The number of aromatic nitrogens is 2. The van der Waals surface area contributed by atoms with Crippen molar-refractivity contribution < 1.29 is 9.53 Å². The zero-order valence-corrected chi connectivity index (χ0v) is 13.3. The Balaban J connectivity index is 1.87. The summed E-state index contributed by atoms with van der Waals surface area (Å²) < 4.78 is 6.71. The Morgan fingerprint density at radius 1 is 1.39 bits per heavy atom. The number of nitrogens with one attached hydrogen (secondary N) is 1. The molecule has 0 atom stereocenters. The van der Waals surface area contributed by atoms with E-state index < -0.39 is 0 Å². The van der Waals surface area contributed by atoms with Gasteiger partial charge in [-0.3, -0.25) is 14.2 Å². The number of fused-ring (bicyclic) bond motifs is 2. The second kappa shape index (κ2) is 6.91. The highest BCUT2D eigenvalue weighted by molar-refractivity contribution is 5.97. The first-order valence-corrected chi connectivity index (χ1v) is 8.01. The first-order chi connectivity index (χ1) is 11.2. The Morgan fingerprint density at radius 3 is 3.09 bits per heavy atom. The van der Waals surface area contributed by atoms with Gasteiger partial charge in [0.1, 0.15) is 5.82 Å². The maximum Gasteiger partial charge on any atom is 0.261 e. The molecule has 2 heterocycles. The normalized spacial score (nSPS) is 13.8. The summed E-state index contributed by atoms with van der Waals surface area (Å²) in [7, 11) is 1.63. The van der Waals surface area contributed by atoms with Gasteiger partial charge in [-0.1, -0.05) is 0 Å². The van der Waals surface area contributed by atoms with Gasteiger partial charge in [-0.2, -0.15) is 0 Å². The molecular formula is C17H21N3O3. The van der Waals surface area contributed by atoms with E-state index in [0.717, 1.165) is 38.1 Å². The lowest BCUT2D eigenvalue weighted by Gasteiger charge is -2.17. The number of aryl methyl sites for hydroxylation is 1. The fourth-order valence-electron chi connectivity index (χ4n) is 2.90. The molecule has 0 aliphatic carbocycles. The molecule has 0 fully saturated rings. The lowest BCUT2D eigenvalue weighted by molar-refractivity contribution is 0.0948. The average molecular weight is 315 g/mol. The lowest BCUT2D eigenvalue weighted by Crippen LogP contribution is -2.29. The van der Waals surface area contributed by atoms with E-state index in [4.69, 9.17) is 4.74 Å². The van der Waals surface area contributed by atoms with Crippen LogP contribution in [0, 0.1) is 0 Å². The Hall–Kier alpha value is -2.21. The molecule has 0 spiro atoms. The Kier molecular flexibility index (Phi) is 4.71. The molecule has 0 saturated heterocycles. The molecule has 1 aromatic carbocycles. The molecule has 0 bridgehead atoms. The Labute approximate surface area is 134 Å². The summed E-state index contributed by atoms with van der Waals surface area (Å²) in [5, 5.41) is 3.42. The van der Waals surface area contributed by atoms with E-state index in [1.54, 1.807) is 29.9 Å². The number of ether oxygens (including phenoxy) is 1. The third-order valence-electron chi connectivity index (χ3n) is 4.14. The second-order valence-electron chi connectivity index (χ2n) is 5.78. The van der Waals surface area contributed by atoms with Gasteiger partial charge >= 0.3 is 0 Å². The van der Waals surface area contributed by atoms with Crippen LogP contribution >= 0.6 is 0 Å². The van der Waals surface area contributed by atoms with E-state index in [9.17, 15) is 9.59 Å². The van der Waals surface area contributed by atoms with Crippen molar-refractivity contribution in [2.24, 2.45) is 0 Å². The molecule has 3 rings (SSSR count). The van der Waals surface area contributed by atoms with E-state index in [1.165, 1.54) is 0 Å². The molecule has 23 heavy (non-hydrogen) atoms. The van der Waals surface area contributed by atoms with Crippen LogP contribution in [0.2, 0.25) is 0 Å². The van der Waals surface area contributed by atoms with Crippen LogP contribution in [0.3, 0.4) is 0 Å². The monoisotopic (exact) mass is 315 g/mol. The smallest absolute Gasteiger partial charge is 0.261 e. The molecule has 1 aliphatic heterocycles. The van der Waals surface area contributed by atoms with Crippen molar-refractivity contribution >= 4 is 16.8 Å². The SMILES string of the molecule is COCCCNC(=O)c1ccc2c(=O)n3c(nc2c1)CCCC3.